The van der Waals surface area contributed by atoms with Gasteiger partial charge in [-0.25, -0.2) is 4.98 Å². The number of hydrogen-bond donors (Lipinski definition) is 0. The summed E-state index contributed by atoms with van der Waals surface area (Å²) in [5, 5.41) is 3.27. The molecule has 0 amide bonds. The van der Waals surface area contributed by atoms with Gasteiger partial charge in [-0.3, -0.25) is 4.57 Å². The molecule has 1 aliphatic heterocycles. The average molecular weight is 406 g/mol. The maximum absolute atomic E-state index is 5.85. The van der Waals surface area contributed by atoms with E-state index in [-0.39, 0.29) is 0 Å². The maximum atomic E-state index is 5.85. The average Bonchev–Trinajstić information content (AvgIpc) is 3.15. The van der Waals surface area contributed by atoms with Crippen molar-refractivity contribution in [1.82, 2.24) is 14.5 Å². The van der Waals surface area contributed by atoms with Gasteiger partial charge in [-0.1, -0.05) is 78.9 Å². The van der Waals surface area contributed by atoms with Crippen molar-refractivity contribution >= 4 is 39.1 Å². The van der Waals surface area contributed by atoms with Gasteiger partial charge >= 0.3 is 0 Å². The topological polar surface area (TPSA) is 21.1 Å². The van der Waals surface area contributed by atoms with Crippen molar-refractivity contribution in [2.75, 3.05) is 7.05 Å². The van der Waals surface area contributed by atoms with E-state index in [1.807, 2.05) is 13.1 Å². The molecular weight excluding hydrogens is 386 g/mol. The largest absolute Gasteiger partial charge is 0.346 e. The molecule has 0 bridgehead atoms. The van der Waals surface area contributed by atoms with Crippen LogP contribution in [0.2, 0.25) is 0 Å². The number of para-hydroxylation sites is 1. The summed E-state index contributed by atoms with van der Waals surface area (Å²) in [5.41, 5.74) is 7.82. The minimum Gasteiger partial charge on any atom is -0.346 e. The van der Waals surface area contributed by atoms with E-state index in [4.69, 9.17) is 17.2 Å². The van der Waals surface area contributed by atoms with Crippen molar-refractivity contribution in [2.45, 2.75) is 6.54 Å². The summed E-state index contributed by atoms with van der Waals surface area (Å²) in [5.74, 6) is 0. The van der Waals surface area contributed by atoms with Gasteiger partial charge in [-0.05, 0) is 23.8 Å². The zero-order valence-electron chi connectivity index (χ0n) is 16.5. The fraction of sp³-hybridized carbons (Fsp3) is 0.0769. The first kappa shape index (κ1) is 17.4. The fourth-order valence-corrected chi connectivity index (χ4v) is 4.85. The number of rotatable bonds is 2. The van der Waals surface area contributed by atoms with E-state index < -0.39 is 0 Å². The van der Waals surface area contributed by atoms with Crippen LogP contribution in [0.3, 0.4) is 0 Å². The molecule has 0 saturated carbocycles. The van der Waals surface area contributed by atoms with E-state index in [2.05, 4.69) is 88.3 Å². The summed E-state index contributed by atoms with van der Waals surface area (Å²) in [4.78, 5) is 7.34. The second-order valence-corrected chi connectivity index (χ2v) is 8.09. The zero-order chi connectivity index (χ0) is 20.2. The smallest absolute Gasteiger partial charge is 0.180 e. The van der Waals surface area contributed by atoms with Gasteiger partial charge in [-0.15, -0.1) is 0 Å². The monoisotopic (exact) mass is 405 g/mol. The number of nitrogens with zero attached hydrogens (tertiary/aromatic N) is 3. The number of pyridine rings is 1. The van der Waals surface area contributed by atoms with Gasteiger partial charge in [0.25, 0.3) is 0 Å². The second-order valence-electron chi connectivity index (χ2n) is 7.73. The number of aromatic nitrogens is 2. The molecule has 0 fully saturated rings. The lowest BCUT2D eigenvalue weighted by Crippen LogP contribution is -2.34. The molecule has 0 saturated heterocycles. The molecule has 30 heavy (non-hydrogen) atoms. The predicted molar refractivity (Wildman–Crippen MR) is 128 cm³/mol. The van der Waals surface area contributed by atoms with Gasteiger partial charge in [0.2, 0.25) is 0 Å². The van der Waals surface area contributed by atoms with Crippen molar-refractivity contribution in [1.29, 1.82) is 0 Å². The summed E-state index contributed by atoms with van der Waals surface area (Å²) < 4.78 is 2.20. The number of hydrogen-bond acceptors (Lipinski definition) is 2. The highest BCUT2D eigenvalue weighted by atomic mass is 32.1. The van der Waals surface area contributed by atoms with Crippen LogP contribution < -0.4 is 0 Å². The molecule has 0 aliphatic carbocycles. The molecule has 0 N–H and O–H groups in total. The van der Waals surface area contributed by atoms with Crippen molar-refractivity contribution in [2.24, 2.45) is 0 Å². The second kappa shape index (κ2) is 6.51. The fourth-order valence-electron chi connectivity index (χ4n) is 4.59. The van der Waals surface area contributed by atoms with Crippen molar-refractivity contribution in [3.63, 3.8) is 0 Å². The van der Waals surface area contributed by atoms with Crippen LogP contribution in [0.1, 0.15) is 5.69 Å². The third kappa shape index (κ3) is 2.37. The quantitative estimate of drug-likeness (QED) is 0.331. The molecule has 0 atom stereocenters. The van der Waals surface area contributed by atoms with E-state index in [1.54, 1.807) is 0 Å². The molecule has 3 nitrogen and oxygen atoms in total. The molecule has 0 unspecified atom stereocenters. The molecule has 3 aromatic carbocycles. The number of fused-ring (bicyclic) bond motifs is 3. The summed E-state index contributed by atoms with van der Waals surface area (Å²) in [6.45, 7) is 0.709. The summed E-state index contributed by atoms with van der Waals surface area (Å²) in [6.07, 6.45) is 0. The Morgan fingerprint density at radius 2 is 1.43 bits per heavy atom. The summed E-state index contributed by atoms with van der Waals surface area (Å²) in [6, 6.07) is 29.6. The predicted octanol–water partition coefficient (Wildman–Crippen LogP) is 6.10. The molecule has 1 aliphatic rings. The molecule has 6 rings (SSSR count). The van der Waals surface area contributed by atoms with Crippen LogP contribution in [0.15, 0.2) is 84.9 Å². The van der Waals surface area contributed by atoms with Crippen LogP contribution in [0.25, 0.3) is 44.2 Å². The molecule has 3 heterocycles. The van der Waals surface area contributed by atoms with Crippen LogP contribution >= 0.6 is 12.2 Å². The van der Waals surface area contributed by atoms with Gasteiger partial charge in [0.05, 0.1) is 29.0 Å². The Morgan fingerprint density at radius 3 is 2.17 bits per heavy atom. The molecule has 0 radical (unpaired) electrons. The minimum atomic E-state index is 0.709. The van der Waals surface area contributed by atoms with Crippen LogP contribution in [0, 0.1) is 0 Å². The van der Waals surface area contributed by atoms with E-state index in [1.165, 1.54) is 21.9 Å². The van der Waals surface area contributed by atoms with Gasteiger partial charge < -0.3 is 4.90 Å². The summed E-state index contributed by atoms with van der Waals surface area (Å²) >= 11 is 5.85. The maximum Gasteiger partial charge on any atom is 0.180 e. The highest BCUT2D eigenvalue weighted by molar-refractivity contribution is 7.80. The Hall–Kier alpha value is -3.50. The Morgan fingerprint density at radius 1 is 0.800 bits per heavy atom. The molecule has 2 aromatic heterocycles. The highest BCUT2D eigenvalue weighted by Crippen LogP contribution is 2.44. The Kier molecular flexibility index (Phi) is 3.77. The molecule has 5 aromatic rings. The minimum absolute atomic E-state index is 0.709. The third-order valence-electron chi connectivity index (χ3n) is 5.90. The standard InChI is InChI=1S/C26H19N3S/c1-28-16-20-25-23(19-14-8-9-15-21(19)29(25)26(28)30)22(17-10-4-2-5-11-17)24(27-20)18-12-6-3-7-13-18/h2-15H,16H2,1H3. The first-order valence-corrected chi connectivity index (χ1v) is 10.5. The number of thiocarbonyl (C=S) groups is 1. The van der Waals surface area contributed by atoms with Crippen molar-refractivity contribution < 1.29 is 0 Å². The number of benzene rings is 3. The van der Waals surface area contributed by atoms with Crippen LogP contribution in [-0.2, 0) is 6.54 Å². The van der Waals surface area contributed by atoms with E-state index >= 15 is 0 Å². The first-order chi connectivity index (χ1) is 14.7. The highest BCUT2D eigenvalue weighted by Gasteiger charge is 2.29. The molecule has 4 heteroatoms. The summed E-state index contributed by atoms with van der Waals surface area (Å²) in [7, 11) is 2.04. The van der Waals surface area contributed by atoms with Crippen LogP contribution in [0.4, 0.5) is 0 Å². The SMILES string of the molecule is CN1Cc2nc(-c3ccccc3)c(-c3ccccc3)c3c4ccccc4n(c23)C1=S. The van der Waals surface area contributed by atoms with Gasteiger partial charge in [-0.2, -0.15) is 0 Å². The van der Waals surface area contributed by atoms with Gasteiger partial charge in [0.1, 0.15) is 0 Å². The third-order valence-corrected chi connectivity index (χ3v) is 6.39. The van der Waals surface area contributed by atoms with Gasteiger partial charge in [0, 0.05) is 28.9 Å². The Balaban J connectivity index is 1.88. The molecule has 144 valence electrons. The van der Waals surface area contributed by atoms with Crippen LogP contribution in [-0.4, -0.2) is 26.6 Å². The van der Waals surface area contributed by atoms with E-state index in [9.17, 15) is 0 Å². The van der Waals surface area contributed by atoms with Crippen molar-refractivity contribution in [3.8, 4) is 22.4 Å². The zero-order valence-corrected chi connectivity index (χ0v) is 17.4. The lowest BCUT2D eigenvalue weighted by atomic mass is 9.93. The first-order valence-electron chi connectivity index (χ1n) is 10.1. The van der Waals surface area contributed by atoms with Crippen LogP contribution in [0.5, 0.6) is 0 Å². The normalized spacial score (nSPS) is 13.4. The van der Waals surface area contributed by atoms with E-state index in [0.717, 1.165) is 33.1 Å². The Labute approximate surface area is 180 Å². The lowest BCUT2D eigenvalue weighted by molar-refractivity contribution is 0.481. The molecular formula is C26H19N3S. The lowest BCUT2D eigenvalue weighted by Gasteiger charge is -2.28. The van der Waals surface area contributed by atoms with Gasteiger partial charge in [0.15, 0.2) is 5.11 Å². The van der Waals surface area contributed by atoms with Crippen molar-refractivity contribution in [3.05, 3.63) is 90.6 Å². The van der Waals surface area contributed by atoms with E-state index in [0.29, 0.717) is 6.54 Å². The molecule has 0 spiro atoms. The Bertz CT molecular complexity index is 1440.